The van der Waals surface area contributed by atoms with Crippen LogP contribution >= 0.6 is 0 Å². The van der Waals surface area contributed by atoms with Crippen LogP contribution in [-0.2, 0) is 9.47 Å². The van der Waals surface area contributed by atoms with E-state index in [1.807, 2.05) is 13.2 Å². The van der Waals surface area contributed by atoms with E-state index < -0.39 is 0 Å². The topological polar surface area (TPSA) is 64.2 Å². The normalized spacial score (nSPS) is 18.8. The molecule has 1 heterocycles. The third kappa shape index (κ3) is 5.10. The van der Waals surface area contributed by atoms with Crippen LogP contribution in [-0.4, -0.2) is 30.2 Å². The molecular formula is C33H34N2O3. The first-order valence-corrected chi connectivity index (χ1v) is 13.6. The summed E-state index contributed by atoms with van der Waals surface area (Å²) in [7, 11) is 3.22. The number of fused-ring (bicyclic) bond motifs is 1. The van der Waals surface area contributed by atoms with Gasteiger partial charge in [-0.15, -0.1) is 0 Å². The number of nitrogens with zero attached hydrogens (tertiary/aromatic N) is 1. The SMILES string of the molecule is COC(=O)c1ccc2nc(-c3ccc(-c4ccc(C5CCC(CC(OC)=C6CC6)CC5)cc4)cc3)[nH]c2c1. The van der Waals surface area contributed by atoms with Gasteiger partial charge in [0.2, 0.25) is 0 Å². The number of hydrogen-bond donors (Lipinski definition) is 1. The monoisotopic (exact) mass is 506 g/mol. The number of nitrogens with one attached hydrogen (secondary N) is 1. The lowest BCUT2D eigenvalue weighted by Gasteiger charge is -2.29. The fourth-order valence-electron chi connectivity index (χ4n) is 5.83. The van der Waals surface area contributed by atoms with E-state index in [1.54, 1.807) is 17.7 Å². The molecule has 0 radical (unpaired) electrons. The number of esters is 1. The highest BCUT2D eigenvalue weighted by atomic mass is 16.5. The number of allylic oxidation sites excluding steroid dienone is 2. The lowest BCUT2D eigenvalue weighted by atomic mass is 9.77. The number of aromatic amines is 1. The number of H-pyrrole nitrogens is 1. The Labute approximate surface area is 223 Å². The smallest absolute Gasteiger partial charge is 0.337 e. The average Bonchev–Trinajstić information content (AvgIpc) is 3.73. The second-order valence-corrected chi connectivity index (χ2v) is 10.7. The van der Waals surface area contributed by atoms with Gasteiger partial charge in [0, 0.05) is 12.0 Å². The molecule has 0 aliphatic heterocycles. The molecular weight excluding hydrogens is 472 g/mol. The van der Waals surface area contributed by atoms with Crippen LogP contribution in [0.15, 0.2) is 78.1 Å². The third-order valence-corrected chi connectivity index (χ3v) is 8.24. The standard InChI is InChI=1S/C33H34N2O3/c1-37-31(26-13-14-26)19-21-3-5-22(6-4-21)23-7-9-24(10-8-23)25-11-15-27(16-12-25)32-34-29-18-17-28(33(36)38-2)20-30(29)35-32/h7-12,15-18,20-22H,3-6,13-14,19H2,1-2H3,(H,34,35). The molecule has 2 saturated carbocycles. The summed E-state index contributed by atoms with van der Waals surface area (Å²) in [6.07, 6.45) is 8.74. The van der Waals surface area contributed by atoms with Gasteiger partial charge in [-0.25, -0.2) is 9.78 Å². The largest absolute Gasteiger partial charge is 0.501 e. The maximum Gasteiger partial charge on any atom is 0.337 e. The van der Waals surface area contributed by atoms with E-state index in [4.69, 9.17) is 14.5 Å². The van der Waals surface area contributed by atoms with Gasteiger partial charge in [0.25, 0.3) is 0 Å². The van der Waals surface area contributed by atoms with Crippen molar-refractivity contribution in [2.75, 3.05) is 14.2 Å². The van der Waals surface area contributed by atoms with E-state index >= 15 is 0 Å². The van der Waals surface area contributed by atoms with Gasteiger partial charge < -0.3 is 14.5 Å². The first kappa shape index (κ1) is 24.5. The van der Waals surface area contributed by atoms with E-state index in [1.165, 1.54) is 68.1 Å². The van der Waals surface area contributed by atoms with Gasteiger partial charge in [0.1, 0.15) is 5.82 Å². The fourth-order valence-corrected chi connectivity index (χ4v) is 5.83. The molecule has 5 nitrogen and oxygen atoms in total. The number of rotatable bonds is 7. The zero-order chi connectivity index (χ0) is 26.1. The van der Waals surface area contributed by atoms with Crippen LogP contribution in [0.4, 0.5) is 0 Å². The van der Waals surface area contributed by atoms with Crippen molar-refractivity contribution in [3.05, 3.63) is 89.2 Å². The minimum Gasteiger partial charge on any atom is -0.501 e. The Balaban J connectivity index is 1.10. The Morgan fingerprint density at radius 1 is 0.842 bits per heavy atom. The van der Waals surface area contributed by atoms with E-state index in [-0.39, 0.29) is 5.97 Å². The zero-order valence-corrected chi connectivity index (χ0v) is 22.1. The van der Waals surface area contributed by atoms with Crippen molar-refractivity contribution in [2.24, 2.45) is 5.92 Å². The molecule has 3 aromatic carbocycles. The summed E-state index contributed by atoms with van der Waals surface area (Å²) in [4.78, 5) is 19.9. The van der Waals surface area contributed by atoms with Crippen molar-refractivity contribution >= 4 is 17.0 Å². The van der Waals surface area contributed by atoms with Crippen LogP contribution in [0.25, 0.3) is 33.5 Å². The quantitative estimate of drug-likeness (QED) is 0.203. The molecule has 194 valence electrons. The molecule has 1 aromatic heterocycles. The maximum atomic E-state index is 11.8. The van der Waals surface area contributed by atoms with Gasteiger partial charge in [-0.1, -0.05) is 48.5 Å². The molecule has 2 aliphatic carbocycles. The minimum atomic E-state index is -0.353. The highest BCUT2D eigenvalue weighted by Crippen LogP contribution is 2.41. The molecule has 1 N–H and O–H groups in total. The van der Waals surface area contributed by atoms with Crippen LogP contribution < -0.4 is 0 Å². The minimum absolute atomic E-state index is 0.353. The van der Waals surface area contributed by atoms with Crippen molar-refractivity contribution in [2.45, 2.75) is 50.9 Å². The molecule has 0 atom stereocenters. The number of aromatic nitrogens is 2. The number of methoxy groups -OCH3 is 2. The fraction of sp³-hybridized carbons (Fsp3) is 0.333. The van der Waals surface area contributed by atoms with Gasteiger partial charge in [0.05, 0.1) is 36.6 Å². The summed E-state index contributed by atoms with van der Waals surface area (Å²) >= 11 is 0. The summed E-state index contributed by atoms with van der Waals surface area (Å²) in [5, 5.41) is 0. The summed E-state index contributed by atoms with van der Waals surface area (Å²) in [6, 6.07) is 23.0. The molecule has 0 spiro atoms. The molecule has 0 bridgehead atoms. The van der Waals surface area contributed by atoms with Crippen molar-refractivity contribution in [3.63, 3.8) is 0 Å². The molecule has 2 aliphatic rings. The Morgan fingerprint density at radius 3 is 2.13 bits per heavy atom. The van der Waals surface area contributed by atoms with E-state index in [0.29, 0.717) is 11.5 Å². The maximum absolute atomic E-state index is 11.8. The molecule has 5 heteroatoms. The van der Waals surface area contributed by atoms with Crippen molar-refractivity contribution in [3.8, 4) is 22.5 Å². The second kappa shape index (κ2) is 10.5. The Hall–Kier alpha value is -3.86. The molecule has 38 heavy (non-hydrogen) atoms. The highest BCUT2D eigenvalue weighted by molar-refractivity contribution is 5.94. The summed E-state index contributed by atoms with van der Waals surface area (Å²) in [5.41, 5.74) is 8.57. The number of benzene rings is 3. The van der Waals surface area contributed by atoms with Gasteiger partial charge in [0.15, 0.2) is 0 Å². The second-order valence-electron chi connectivity index (χ2n) is 10.7. The van der Waals surface area contributed by atoms with Crippen LogP contribution in [0, 0.1) is 5.92 Å². The van der Waals surface area contributed by atoms with Crippen molar-refractivity contribution < 1.29 is 14.3 Å². The Bertz CT molecular complexity index is 1470. The van der Waals surface area contributed by atoms with E-state index in [0.717, 1.165) is 34.8 Å². The summed E-state index contributed by atoms with van der Waals surface area (Å²) in [6.45, 7) is 0. The van der Waals surface area contributed by atoms with Crippen LogP contribution in [0.2, 0.25) is 0 Å². The summed E-state index contributed by atoms with van der Waals surface area (Å²) < 4.78 is 10.5. The Morgan fingerprint density at radius 2 is 1.50 bits per heavy atom. The molecule has 0 amide bonds. The van der Waals surface area contributed by atoms with Gasteiger partial charge >= 0.3 is 5.97 Å². The third-order valence-electron chi connectivity index (χ3n) is 8.24. The number of hydrogen-bond acceptors (Lipinski definition) is 4. The zero-order valence-electron chi connectivity index (χ0n) is 22.1. The van der Waals surface area contributed by atoms with E-state index in [9.17, 15) is 4.79 Å². The number of carbonyl (C=O) groups excluding carboxylic acids is 1. The highest BCUT2D eigenvalue weighted by Gasteiger charge is 2.26. The van der Waals surface area contributed by atoms with Crippen LogP contribution in [0.5, 0.6) is 0 Å². The predicted molar refractivity (Wildman–Crippen MR) is 151 cm³/mol. The first-order valence-electron chi connectivity index (χ1n) is 13.6. The lowest BCUT2D eigenvalue weighted by Crippen LogP contribution is -2.14. The molecule has 6 rings (SSSR count). The van der Waals surface area contributed by atoms with E-state index in [2.05, 4.69) is 53.5 Å². The predicted octanol–water partition coefficient (Wildman–Crippen LogP) is 8.04. The number of carbonyl (C=O) groups is 1. The molecule has 4 aromatic rings. The van der Waals surface area contributed by atoms with Crippen LogP contribution in [0.3, 0.4) is 0 Å². The lowest BCUT2D eigenvalue weighted by molar-refractivity contribution is 0.0601. The first-order chi connectivity index (χ1) is 18.6. The van der Waals surface area contributed by atoms with Gasteiger partial charge in [-0.2, -0.15) is 0 Å². The average molecular weight is 507 g/mol. The number of ether oxygens (including phenoxy) is 2. The number of imidazole rings is 1. The summed E-state index contributed by atoms with van der Waals surface area (Å²) in [5.74, 6) is 3.14. The molecule has 0 unspecified atom stereocenters. The van der Waals surface area contributed by atoms with Gasteiger partial charge in [-0.3, -0.25) is 0 Å². The van der Waals surface area contributed by atoms with Crippen LogP contribution in [0.1, 0.15) is 66.8 Å². The molecule has 2 fully saturated rings. The Kier molecular flexibility index (Phi) is 6.75. The van der Waals surface area contributed by atoms with Crippen molar-refractivity contribution in [1.82, 2.24) is 9.97 Å². The van der Waals surface area contributed by atoms with Crippen molar-refractivity contribution in [1.29, 1.82) is 0 Å². The van der Waals surface area contributed by atoms with Gasteiger partial charge in [-0.05, 0) is 90.8 Å². The molecule has 0 saturated heterocycles.